The molecule has 12 nitrogen and oxygen atoms in total. The van der Waals surface area contributed by atoms with Crippen LogP contribution in [0.25, 0.3) is 5.57 Å². The summed E-state index contributed by atoms with van der Waals surface area (Å²) in [7, 11) is -14.3. The van der Waals surface area contributed by atoms with Crippen molar-refractivity contribution < 1.29 is 44.3 Å². The Labute approximate surface area is 194 Å². The first-order chi connectivity index (χ1) is 15.5. The third-order valence-corrected chi connectivity index (χ3v) is 7.47. The van der Waals surface area contributed by atoms with Crippen LogP contribution >= 0.6 is 0 Å². The smallest absolute Gasteiger partial charge is 0.301 e. The number of rotatable bonds is 5. The Balaban J connectivity index is 2.48. The molecule has 0 saturated heterocycles. The summed E-state index contributed by atoms with van der Waals surface area (Å²) in [4.78, 5) is -2.00. The van der Waals surface area contributed by atoms with E-state index in [1.54, 1.807) is 0 Å². The largest absolute Gasteiger partial charge is 0.398 e. The van der Waals surface area contributed by atoms with Gasteiger partial charge in [-0.15, -0.1) is 0 Å². The van der Waals surface area contributed by atoms with Crippen LogP contribution in [0.1, 0.15) is 11.1 Å². The molecule has 9 N–H and O–H groups in total. The lowest BCUT2D eigenvalue weighted by Crippen LogP contribution is -2.42. The Morgan fingerprint density at radius 2 is 1.15 bits per heavy atom. The van der Waals surface area contributed by atoms with Gasteiger partial charge in [0.25, 0.3) is 20.2 Å². The fourth-order valence-electron chi connectivity index (χ4n) is 3.24. The zero-order valence-corrected chi connectivity index (χ0v) is 19.4. The predicted octanol–water partition coefficient (Wildman–Crippen LogP) is -0.312. The summed E-state index contributed by atoms with van der Waals surface area (Å²) in [5, 5.41) is 5.65. The molecule has 0 bridgehead atoms. The molecule has 0 radical (unpaired) electrons. The van der Waals surface area contributed by atoms with Crippen molar-refractivity contribution in [2.45, 2.75) is 9.79 Å². The van der Waals surface area contributed by atoms with Crippen LogP contribution in [0.2, 0.25) is 0 Å². The van der Waals surface area contributed by atoms with Crippen molar-refractivity contribution in [3.05, 3.63) is 76.2 Å². The molecule has 1 aliphatic rings. The first-order valence-electron chi connectivity index (χ1n) is 8.99. The van der Waals surface area contributed by atoms with Gasteiger partial charge in [0.1, 0.15) is 9.79 Å². The third-order valence-electron chi connectivity index (χ3n) is 4.74. The lowest BCUT2D eigenvalue weighted by molar-refractivity contribution is -0.110. The number of allylic oxidation sites excluding steroid dienone is 5. The minimum absolute atomic E-state index is 0.0275. The second-order valence-electron chi connectivity index (χ2n) is 7.06. The van der Waals surface area contributed by atoms with Crippen molar-refractivity contribution in [3.63, 3.8) is 0 Å². The Kier molecular flexibility index (Phi) is 6.29. The molecule has 2 aromatic rings. The van der Waals surface area contributed by atoms with E-state index in [-0.39, 0.29) is 39.4 Å². The van der Waals surface area contributed by atoms with E-state index in [2.05, 4.69) is 0 Å². The van der Waals surface area contributed by atoms with E-state index in [9.17, 15) is 38.9 Å². The van der Waals surface area contributed by atoms with Gasteiger partial charge in [-0.3, -0.25) is 19.1 Å². The second-order valence-corrected chi connectivity index (χ2v) is 11.2. The topological polar surface area (TPSA) is 241 Å². The Morgan fingerprint density at radius 3 is 1.53 bits per heavy atom. The van der Waals surface area contributed by atoms with E-state index in [4.69, 9.17) is 16.9 Å². The van der Waals surface area contributed by atoms with E-state index in [0.29, 0.717) is 0 Å². The molecular formula is C19H18N3O9S3+. The van der Waals surface area contributed by atoms with Gasteiger partial charge in [-0.1, -0.05) is 12.1 Å². The molecule has 0 atom stereocenters. The molecule has 0 aliphatic heterocycles. The van der Waals surface area contributed by atoms with Crippen LogP contribution in [0.5, 0.6) is 0 Å². The maximum Gasteiger partial charge on any atom is 0.301 e. The monoisotopic (exact) mass is 528 g/mol. The normalized spacial score (nSPS) is 14.7. The van der Waals surface area contributed by atoms with Gasteiger partial charge < -0.3 is 11.5 Å². The van der Waals surface area contributed by atoms with Crippen LogP contribution < -0.4 is 16.9 Å². The van der Waals surface area contributed by atoms with Crippen molar-refractivity contribution in [3.8, 4) is 0 Å². The van der Waals surface area contributed by atoms with Crippen LogP contribution in [-0.4, -0.2) is 44.6 Å². The van der Waals surface area contributed by atoms with Crippen molar-refractivity contribution >= 4 is 53.0 Å². The van der Waals surface area contributed by atoms with E-state index >= 15 is 0 Å². The zero-order chi connectivity index (χ0) is 25.6. The second kappa shape index (κ2) is 8.46. The highest BCUT2D eigenvalue weighted by Crippen LogP contribution is 2.35. The highest BCUT2D eigenvalue weighted by Gasteiger charge is 2.27. The number of hydrogen-bond acceptors (Lipinski definition) is 8. The zero-order valence-electron chi connectivity index (χ0n) is 16.9. The first-order valence-corrected chi connectivity index (χ1v) is 13.3. The summed E-state index contributed by atoms with van der Waals surface area (Å²) in [5.41, 5.74) is 10.6. The van der Waals surface area contributed by atoms with Gasteiger partial charge in [0, 0.05) is 6.08 Å². The van der Waals surface area contributed by atoms with Crippen molar-refractivity contribution in [1.82, 2.24) is 0 Å². The lowest BCUT2D eigenvalue weighted by atomic mass is 9.90. The molecule has 0 spiro atoms. The lowest BCUT2D eigenvalue weighted by Gasteiger charge is -2.17. The van der Waals surface area contributed by atoms with Crippen molar-refractivity contribution in [2.75, 3.05) is 11.5 Å². The van der Waals surface area contributed by atoms with E-state index in [1.165, 1.54) is 18.2 Å². The molecule has 2 aromatic carbocycles. The van der Waals surface area contributed by atoms with Crippen LogP contribution in [-0.2, 0) is 30.4 Å². The predicted molar refractivity (Wildman–Crippen MR) is 123 cm³/mol. The summed E-state index contributed by atoms with van der Waals surface area (Å²) >= 11 is 0. The van der Waals surface area contributed by atoms with Crippen molar-refractivity contribution in [2.24, 2.45) is 0 Å². The summed E-state index contributed by atoms with van der Waals surface area (Å²) in [5.74, 6) is 0. The average Bonchev–Trinajstić information content (AvgIpc) is 2.69. The minimum Gasteiger partial charge on any atom is -0.398 e. The van der Waals surface area contributed by atoms with E-state index < -0.39 is 45.1 Å². The minimum atomic E-state index is -4.78. The summed E-state index contributed by atoms with van der Waals surface area (Å²) in [6.07, 6.45) is 3.46. The fourth-order valence-corrected chi connectivity index (χ4v) is 5.17. The molecule has 3 rings (SSSR count). The fraction of sp³-hybridized carbons (Fsp3) is 0. The summed E-state index contributed by atoms with van der Waals surface area (Å²) in [6.45, 7) is 0. The van der Waals surface area contributed by atoms with E-state index in [1.807, 2.05) is 0 Å². The number of benzene rings is 2. The molecule has 0 heterocycles. The SMILES string of the molecule is Nc1ccc(C(=C2C=CC(=[NH2+])C(S(=O)(=O)O)=C2)c2ccc(N)c(S(=O)(=O)O)c2)cc1S(=O)(=O)O. The molecule has 1 aliphatic carbocycles. The number of nitrogen functional groups attached to an aromatic ring is 2. The van der Waals surface area contributed by atoms with E-state index in [0.717, 1.165) is 36.4 Å². The highest BCUT2D eigenvalue weighted by atomic mass is 32.2. The van der Waals surface area contributed by atoms with Gasteiger partial charge in [-0.05, 0) is 58.7 Å². The number of anilines is 2. The third kappa shape index (κ3) is 5.09. The average molecular weight is 529 g/mol. The van der Waals surface area contributed by atoms with Crippen LogP contribution in [0.15, 0.2) is 74.9 Å². The molecule has 0 saturated carbocycles. The van der Waals surface area contributed by atoms with Gasteiger partial charge in [0.2, 0.25) is 5.71 Å². The standard InChI is InChI=1S/C19H17N3O9S3/c20-13-4-1-10(7-16(13)32(23,24)25)19(11-2-5-14(21)17(8-11)33(26,27)28)12-3-6-15(22)18(9-12)34(29,30)31/h1-9,20H,21-22H2,(H,23,24,25)(H,26,27,28)(H,29,30,31)/p+1. The number of hydrogen-bond donors (Lipinski definition) is 6. The molecule has 180 valence electrons. The molecule has 0 aromatic heterocycles. The molecule has 15 heteroatoms. The number of nitrogens with two attached hydrogens (primary N) is 3. The Bertz CT molecular complexity index is 1570. The van der Waals surface area contributed by atoms with Gasteiger partial charge in [-0.25, -0.2) is 0 Å². The summed E-state index contributed by atoms with van der Waals surface area (Å²) < 4.78 is 99.2. The van der Waals surface area contributed by atoms with Crippen LogP contribution in [0, 0.1) is 0 Å². The highest BCUT2D eigenvalue weighted by molar-refractivity contribution is 7.91. The Morgan fingerprint density at radius 1 is 0.706 bits per heavy atom. The quantitative estimate of drug-likeness (QED) is 0.217. The molecule has 0 amide bonds. The molecule has 0 unspecified atom stereocenters. The molecule has 34 heavy (non-hydrogen) atoms. The maximum atomic E-state index is 11.8. The molecule has 0 fully saturated rings. The Hall–Kier alpha value is -3.34. The van der Waals surface area contributed by atoms with Gasteiger partial charge in [0.05, 0.1) is 11.4 Å². The van der Waals surface area contributed by atoms with Crippen LogP contribution in [0.3, 0.4) is 0 Å². The van der Waals surface area contributed by atoms with Crippen LogP contribution in [0.4, 0.5) is 11.4 Å². The molecular weight excluding hydrogens is 510 g/mol. The van der Waals surface area contributed by atoms with Gasteiger partial charge >= 0.3 is 10.1 Å². The summed E-state index contributed by atoms with van der Waals surface area (Å²) in [6, 6.07) is 6.92. The first kappa shape index (κ1) is 25.3. The van der Waals surface area contributed by atoms with Gasteiger partial charge in [-0.2, -0.15) is 25.3 Å². The van der Waals surface area contributed by atoms with Gasteiger partial charge in [0.15, 0.2) is 4.91 Å². The maximum absolute atomic E-state index is 11.8. The van der Waals surface area contributed by atoms with Crippen molar-refractivity contribution in [1.29, 1.82) is 0 Å².